The zero-order chi connectivity index (χ0) is 13.7. The fraction of sp³-hybridized carbons (Fsp3) is 0.176. The van der Waals surface area contributed by atoms with Crippen LogP contribution in [0.4, 0.5) is 0 Å². The van der Waals surface area contributed by atoms with Crippen molar-refractivity contribution in [2.24, 2.45) is 0 Å². The van der Waals surface area contributed by atoms with Gasteiger partial charge in [-0.2, -0.15) is 0 Å². The van der Waals surface area contributed by atoms with Crippen molar-refractivity contribution in [3.63, 3.8) is 0 Å². The van der Waals surface area contributed by atoms with E-state index in [0.717, 1.165) is 11.8 Å². The standard InChI is InChI=1S/C17H16O2/c1-13(11-12-18)14-7-9-16(10-8-14)17(19)15-5-3-2-4-6-15/h2-10,12-13H,11H2,1H3. The Kier molecular flexibility index (Phi) is 4.24. The molecule has 0 aromatic heterocycles. The Morgan fingerprint density at radius 2 is 1.58 bits per heavy atom. The predicted molar refractivity (Wildman–Crippen MR) is 75.4 cm³/mol. The average Bonchev–Trinajstić information content (AvgIpc) is 2.48. The summed E-state index contributed by atoms with van der Waals surface area (Å²) in [4.78, 5) is 22.7. The Hall–Kier alpha value is -2.22. The number of carbonyl (C=O) groups is 2. The largest absolute Gasteiger partial charge is 0.303 e. The first-order chi connectivity index (χ1) is 9.22. The monoisotopic (exact) mass is 252 g/mol. The lowest BCUT2D eigenvalue weighted by Crippen LogP contribution is -2.02. The van der Waals surface area contributed by atoms with E-state index in [9.17, 15) is 9.59 Å². The van der Waals surface area contributed by atoms with E-state index < -0.39 is 0 Å². The highest BCUT2D eigenvalue weighted by Crippen LogP contribution is 2.19. The molecule has 0 N–H and O–H groups in total. The minimum Gasteiger partial charge on any atom is -0.303 e. The summed E-state index contributed by atoms with van der Waals surface area (Å²) in [5.74, 6) is 0.216. The van der Waals surface area contributed by atoms with E-state index in [2.05, 4.69) is 0 Å². The van der Waals surface area contributed by atoms with Crippen molar-refractivity contribution in [1.82, 2.24) is 0 Å². The molecule has 1 unspecified atom stereocenters. The molecular weight excluding hydrogens is 236 g/mol. The maximum absolute atomic E-state index is 12.2. The normalized spacial score (nSPS) is 11.8. The van der Waals surface area contributed by atoms with Crippen LogP contribution in [0.1, 0.15) is 40.7 Å². The molecule has 19 heavy (non-hydrogen) atoms. The predicted octanol–water partition coefficient (Wildman–Crippen LogP) is 3.61. The Labute approximate surface area is 113 Å². The summed E-state index contributed by atoms with van der Waals surface area (Å²) in [6.45, 7) is 2.00. The maximum atomic E-state index is 12.2. The van der Waals surface area contributed by atoms with E-state index >= 15 is 0 Å². The van der Waals surface area contributed by atoms with E-state index in [0.29, 0.717) is 17.5 Å². The van der Waals surface area contributed by atoms with Gasteiger partial charge in [0.1, 0.15) is 6.29 Å². The van der Waals surface area contributed by atoms with Crippen LogP contribution in [0.2, 0.25) is 0 Å². The van der Waals surface area contributed by atoms with Crippen molar-refractivity contribution in [2.75, 3.05) is 0 Å². The first-order valence-corrected chi connectivity index (χ1v) is 6.35. The smallest absolute Gasteiger partial charge is 0.193 e. The number of rotatable bonds is 5. The SMILES string of the molecule is CC(CC=O)c1ccc(C(=O)c2ccccc2)cc1. The summed E-state index contributed by atoms with van der Waals surface area (Å²) in [7, 11) is 0. The molecule has 1 atom stereocenters. The topological polar surface area (TPSA) is 34.1 Å². The molecule has 2 rings (SSSR count). The zero-order valence-corrected chi connectivity index (χ0v) is 10.9. The Bertz CT molecular complexity index is 556. The first-order valence-electron chi connectivity index (χ1n) is 6.35. The second kappa shape index (κ2) is 6.10. The lowest BCUT2D eigenvalue weighted by atomic mass is 9.95. The summed E-state index contributed by atoms with van der Waals surface area (Å²) >= 11 is 0. The maximum Gasteiger partial charge on any atom is 0.193 e. The molecule has 0 aliphatic carbocycles. The molecule has 0 heterocycles. The highest BCUT2D eigenvalue weighted by Gasteiger charge is 2.10. The quantitative estimate of drug-likeness (QED) is 0.601. The van der Waals surface area contributed by atoms with Crippen LogP contribution >= 0.6 is 0 Å². The highest BCUT2D eigenvalue weighted by molar-refractivity contribution is 6.08. The van der Waals surface area contributed by atoms with Crippen LogP contribution in [0.5, 0.6) is 0 Å². The Morgan fingerprint density at radius 1 is 1.00 bits per heavy atom. The molecule has 0 aliphatic heterocycles. The first kappa shape index (κ1) is 13.2. The number of ketones is 1. The van der Waals surface area contributed by atoms with Crippen LogP contribution in [0.15, 0.2) is 54.6 Å². The highest BCUT2D eigenvalue weighted by atomic mass is 16.1. The molecule has 2 heteroatoms. The van der Waals surface area contributed by atoms with Gasteiger partial charge in [0.25, 0.3) is 0 Å². The van der Waals surface area contributed by atoms with Gasteiger partial charge in [0.05, 0.1) is 0 Å². The van der Waals surface area contributed by atoms with Crippen LogP contribution in [0.25, 0.3) is 0 Å². The molecule has 2 aromatic rings. The molecule has 0 radical (unpaired) electrons. The third-order valence-electron chi connectivity index (χ3n) is 3.23. The Morgan fingerprint density at radius 3 is 2.16 bits per heavy atom. The van der Waals surface area contributed by atoms with E-state index in [-0.39, 0.29) is 11.7 Å². The third kappa shape index (κ3) is 3.16. The number of benzene rings is 2. The van der Waals surface area contributed by atoms with Gasteiger partial charge in [0.15, 0.2) is 5.78 Å². The van der Waals surface area contributed by atoms with Gasteiger partial charge in [0.2, 0.25) is 0 Å². The van der Waals surface area contributed by atoms with E-state index in [1.807, 2.05) is 61.5 Å². The van der Waals surface area contributed by atoms with Crippen LogP contribution in [0.3, 0.4) is 0 Å². The lowest BCUT2D eigenvalue weighted by Gasteiger charge is -2.08. The average molecular weight is 252 g/mol. The summed E-state index contributed by atoms with van der Waals surface area (Å²) in [5, 5.41) is 0. The van der Waals surface area contributed by atoms with Gasteiger partial charge in [-0.25, -0.2) is 0 Å². The number of carbonyl (C=O) groups excluding carboxylic acids is 2. The zero-order valence-electron chi connectivity index (χ0n) is 10.9. The number of aldehydes is 1. The summed E-state index contributed by atoms with van der Waals surface area (Å²) in [5.41, 5.74) is 2.45. The van der Waals surface area contributed by atoms with Gasteiger partial charge in [-0.1, -0.05) is 61.5 Å². The molecule has 96 valence electrons. The van der Waals surface area contributed by atoms with Crippen LogP contribution in [-0.2, 0) is 4.79 Å². The van der Waals surface area contributed by atoms with E-state index in [1.54, 1.807) is 0 Å². The third-order valence-corrected chi connectivity index (χ3v) is 3.23. The van der Waals surface area contributed by atoms with Crippen molar-refractivity contribution in [2.45, 2.75) is 19.3 Å². The molecule has 0 aliphatic rings. The van der Waals surface area contributed by atoms with Gasteiger partial charge < -0.3 is 4.79 Å². The molecule has 2 nitrogen and oxygen atoms in total. The minimum atomic E-state index is 0.0233. The molecule has 2 aromatic carbocycles. The van der Waals surface area contributed by atoms with Gasteiger partial charge in [0, 0.05) is 17.5 Å². The van der Waals surface area contributed by atoms with Crippen molar-refractivity contribution in [3.8, 4) is 0 Å². The van der Waals surface area contributed by atoms with Crippen LogP contribution in [0, 0.1) is 0 Å². The van der Waals surface area contributed by atoms with Gasteiger partial charge in [-0.05, 0) is 11.5 Å². The number of hydrogen-bond donors (Lipinski definition) is 0. The van der Waals surface area contributed by atoms with Crippen LogP contribution in [-0.4, -0.2) is 12.1 Å². The van der Waals surface area contributed by atoms with Gasteiger partial charge in [-0.3, -0.25) is 4.79 Å². The number of hydrogen-bond acceptors (Lipinski definition) is 2. The van der Waals surface area contributed by atoms with Gasteiger partial charge in [-0.15, -0.1) is 0 Å². The second-order valence-corrected chi connectivity index (χ2v) is 4.62. The van der Waals surface area contributed by atoms with E-state index in [4.69, 9.17) is 0 Å². The second-order valence-electron chi connectivity index (χ2n) is 4.62. The molecule has 0 spiro atoms. The lowest BCUT2D eigenvalue weighted by molar-refractivity contribution is -0.108. The minimum absolute atomic E-state index is 0.0233. The molecule has 0 saturated carbocycles. The Balaban J connectivity index is 2.19. The van der Waals surface area contributed by atoms with E-state index in [1.165, 1.54) is 0 Å². The fourth-order valence-corrected chi connectivity index (χ4v) is 2.00. The molecule has 0 amide bonds. The van der Waals surface area contributed by atoms with Crippen molar-refractivity contribution in [3.05, 3.63) is 71.3 Å². The van der Waals surface area contributed by atoms with Crippen molar-refractivity contribution < 1.29 is 9.59 Å². The summed E-state index contributed by atoms with van der Waals surface area (Å²) in [6, 6.07) is 16.7. The molecule has 0 fully saturated rings. The van der Waals surface area contributed by atoms with Crippen molar-refractivity contribution in [1.29, 1.82) is 0 Å². The van der Waals surface area contributed by atoms with Crippen LogP contribution < -0.4 is 0 Å². The molecular formula is C17H16O2. The molecule has 0 bridgehead atoms. The fourth-order valence-electron chi connectivity index (χ4n) is 2.00. The van der Waals surface area contributed by atoms with Gasteiger partial charge >= 0.3 is 0 Å². The van der Waals surface area contributed by atoms with Crippen molar-refractivity contribution >= 4 is 12.1 Å². The molecule has 0 saturated heterocycles. The summed E-state index contributed by atoms with van der Waals surface area (Å²) in [6.07, 6.45) is 1.43. The summed E-state index contributed by atoms with van der Waals surface area (Å²) < 4.78 is 0.